The van der Waals surface area contributed by atoms with Crippen LogP contribution in [0.1, 0.15) is 32.3 Å². The Kier molecular flexibility index (Phi) is 5.40. The number of hydrogen-bond acceptors (Lipinski definition) is 3. The van der Waals surface area contributed by atoms with Gasteiger partial charge in [-0.2, -0.15) is 0 Å². The lowest BCUT2D eigenvalue weighted by atomic mass is 10.1. The fraction of sp³-hybridized carbons (Fsp3) is 0.600. The second-order valence-corrected chi connectivity index (χ2v) is 6.97. The first-order valence-electron chi connectivity index (χ1n) is 6.98. The summed E-state index contributed by atoms with van der Waals surface area (Å²) in [5.41, 5.74) is 1.20. The van der Waals surface area contributed by atoms with Crippen LogP contribution in [0.4, 0.5) is 0 Å². The lowest BCUT2D eigenvalue weighted by Crippen LogP contribution is -2.35. The van der Waals surface area contributed by atoms with Gasteiger partial charge in [0.05, 0.1) is 6.10 Å². The topological polar surface area (TPSA) is 38.3 Å². The van der Waals surface area contributed by atoms with Crippen molar-refractivity contribution in [1.82, 2.24) is 5.32 Å². The molecule has 0 amide bonds. The highest BCUT2D eigenvalue weighted by Crippen LogP contribution is 2.20. The van der Waals surface area contributed by atoms with Crippen molar-refractivity contribution < 1.29 is 8.95 Å². The van der Waals surface area contributed by atoms with Gasteiger partial charge in [-0.15, -0.1) is 0 Å². The molecule has 0 atom stereocenters. The van der Waals surface area contributed by atoms with E-state index in [1.807, 2.05) is 32.0 Å². The van der Waals surface area contributed by atoms with Crippen LogP contribution in [-0.4, -0.2) is 27.9 Å². The third-order valence-corrected chi connectivity index (χ3v) is 4.69. The zero-order valence-corrected chi connectivity index (χ0v) is 12.5. The highest BCUT2D eigenvalue weighted by molar-refractivity contribution is 7.85. The molecule has 0 saturated carbocycles. The number of nitrogens with one attached hydrogen (secondary N) is 1. The van der Waals surface area contributed by atoms with Crippen molar-refractivity contribution in [1.29, 1.82) is 0 Å². The number of ether oxygens (including phenoxy) is 1. The summed E-state index contributed by atoms with van der Waals surface area (Å²) in [6.45, 7) is 4.90. The fourth-order valence-electron chi connectivity index (χ4n) is 2.27. The van der Waals surface area contributed by atoms with Crippen LogP contribution in [0.5, 0.6) is 5.75 Å². The van der Waals surface area contributed by atoms with Crippen molar-refractivity contribution in [3.05, 3.63) is 29.8 Å². The number of benzene rings is 1. The summed E-state index contributed by atoms with van der Waals surface area (Å²) < 4.78 is 17.1. The van der Waals surface area contributed by atoms with Gasteiger partial charge in [-0.05, 0) is 32.8 Å². The number of hydrogen-bond donors (Lipinski definition) is 1. The second-order valence-electron chi connectivity index (χ2n) is 5.28. The van der Waals surface area contributed by atoms with E-state index >= 15 is 0 Å². The summed E-state index contributed by atoms with van der Waals surface area (Å²) in [5, 5.41) is 3.56. The quantitative estimate of drug-likeness (QED) is 0.901. The van der Waals surface area contributed by atoms with Crippen LogP contribution >= 0.6 is 0 Å². The first-order valence-corrected chi connectivity index (χ1v) is 8.47. The van der Waals surface area contributed by atoms with Gasteiger partial charge in [0.1, 0.15) is 5.75 Å². The van der Waals surface area contributed by atoms with Crippen molar-refractivity contribution in [3.8, 4) is 5.75 Å². The highest BCUT2D eigenvalue weighted by Gasteiger charge is 2.17. The summed E-state index contributed by atoms with van der Waals surface area (Å²) in [7, 11) is -0.586. The van der Waals surface area contributed by atoms with Crippen molar-refractivity contribution in [3.63, 3.8) is 0 Å². The molecule has 4 heteroatoms. The van der Waals surface area contributed by atoms with Crippen molar-refractivity contribution in [2.45, 2.75) is 45.4 Å². The minimum Gasteiger partial charge on any atom is -0.491 e. The largest absolute Gasteiger partial charge is 0.491 e. The average Bonchev–Trinajstić information content (AvgIpc) is 2.39. The van der Waals surface area contributed by atoms with Gasteiger partial charge in [-0.25, -0.2) is 0 Å². The Labute approximate surface area is 118 Å². The molecule has 1 aromatic rings. The maximum absolute atomic E-state index is 11.3. The second kappa shape index (κ2) is 7.06. The molecule has 1 heterocycles. The van der Waals surface area contributed by atoms with E-state index in [1.165, 1.54) is 5.56 Å². The lowest BCUT2D eigenvalue weighted by molar-refractivity contribution is 0.239. The van der Waals surface area contributed by atoms with E-state index in [-0.39, 0.29) is 6.10 Å². The molecule has 0 unspecified atom stereocenters. The van der Waals surface area contributed by atoms with E-state index < -0.39 is 10.8 Å². The molecule has 1 aromatic carbocycles. The fourth-order valence-corrected chi connectivity index (χ4v) is 3.57. The van der Waals surface area contributed by atoms with E-state index in [0.717, 1.165) is 36.6 Å². The predicted octanol–water partition coefficient (Wildman–Crippen LogP) is 2.47. The summed E-state index contributed by atoms with van der Waals surface area (Å²) in [6, 6.07) is 8.66. The van der Waals surface area contributed by atoms with Gasteiger partial charge in [0, 0.05) is 40.5 Å². The van der Waals surface area contributed by atoms with Gasteiger partial charge in [-0.1, -0.05) is 18.2 Å². The molecule has 2 rings (SSSR count). The zero-order valence-electron chi connectivity index (χ0n) is 11.7. The smallest absolute Gasteiger partial charge is 0.124 e. The van der Waals surface area contributed by atoms with Crippen molar-refractivity contribution >= 4 is 10.8 Å². The normalized spacial score (nSPS) is 23.5. The number of para-hydroxylation sites is 1. The van der Waals surface area contributed by atoms with Crippen LogP contribution in [0.15, 0.2) is 24.3 Å². The standard InChI is InChI=1S/C15H23NO2S/c1-12(2)18-15-6-4-3-5-13(15)11-16-14-7-9-19(17)10-8-14/h3-6,12,14,16H,7-11H2,1-2H3. The monoisotopic (exact) mass is 281 g/mol. The first-order chi connectivity index (χ1) is 9.15. The molecule has 1 saturated heterocycles. The molecule has 1 N–H and O–H groups in total. The molecule has 1 aliphatic heterocycles. The molecule has 0 aromatic heterocycles. The summed E-state index contributed by atoms with van der Waals surface area (Å²) in [5.74, 6) is 2.63. The Morgan fingerprint density at radius 2 is 2.00 bits per heavy atom. The van der Waals surface area contributed by atoms with Crippen molar-refractivity contribution in [2.24, 2.45) is 0 Å². The van der Waals surface area contributed by atoms with Crippen LogP contribution < -0.4 is 10.1 Å². The zero-order chi connectivity index (χ0) is 13.7. The molecule has 0 aliphatic carbocycles. The minimum atomic E-state index is -0.586. The predicted molar refractivity (Wildman–Crippen MR) is 79.9 cm³/mol. The van der Waals surface area contributed by atoms with E-state index in [4.69, 9.17) is 4.74 Å². The maximum atomic E-state index is 11.3. The van der Waals surface area contributed by atoms with E-state index in [1.54, 1.807) is 0 Å². The van der Waals surface area contributed by atoms with Gasteiger partial charge in [0.15, 0.2) is 0 Å². The molecule has 3 nitrogen and oxygen atoms in total. The SMILES string of the molecule is CC(C)Oc1ccccc1CNC1CCS(=O)CC1. The Bertz CT molecular complexity index is 424. The van der Waals surface area contributed by atoms with E-state index in [9.17, 15) is 4.21 Å². The summed E-state index contributed by atoms with van der Waals surface area (Å²) >= 11 is 0. The van der Waals surface area contributed by atoms with E-state index in [2.05, 4.69) is 11.4 Å². The molecule has 106 valence electrons. The third kappa shape index (κ3) is 4.62. The Hall–Kier alpha value is -0.870. The Morgan fingerprint density at radius 3 is 2.68 bits per heavy atom. The minimum absolute atomic E-state index is 0.193. The van der Waals surface area contributed by atoms with Crippen LogP contribution in [0, 0.1) is 0 Å². The van der Waals surface area contributed by atoms with Gasteiger partial charge in [0.25, 0.3) is 0 Å². The lowest BCUT2D eigenvalue weighted by Gasteiger charge is -2.23. The molecule has 1 fully saturated rings. The van der Waals surface area contributed by atoms with Gasteiger partial charge in [-0.3, -0.25) is 4.21 Å². The Balaban J connectivity index is 1.90. The summed E-state index contributed by atoms with van der Waals surface area (Å²) in [6.07, 6.45) is 2.22. The van der Waals surface area contributed by atoms with Gasteiger partial charge in [0.2, 0.25) is 0 Å². The molecular weight excluding hydrogens is 258 g/mol. The summed E-state index contributed by atoms with van der Waals surface area (Å²) in [4.78, 5) is 0. The maximum Gasteiger partial charge on any atom is 0.124 e. The molecular formula is C15H23NO2S. The highest BCUT2D eigenvalue weighted by atomic mass is 32.2. The molecule has 0 bridgehead atoms. The average molecular weight is 281 g/mol. The Morgan fingerprint density at radius 1 is 1.32 bits per heavy atom. The molecule has 1 aliphatic rings. The van der Waals surface area contributed by atoms with Crippen molar-refractivity contribution in [2.75, 3.05) is 11.5 Å². The van der Waals surface area contributed by atoms with E-state index in [0.29, 0.717) is 6.04 Å². The van der Waals surface area contributed by atoms with Gasteiger partial charge >= 0.3 is 0 Å². The molecule has 0 radical (unpaired) electrons. The number of rotatable bonds is 5. The van der Waals surface area contributed by atoms with Crippen LogP contribution in [0.3, 0.4) is 0 Å². The molecule has 19 heavy (non-hydrogen) atoms. The third-order valence-electron chi connectivity index (χ3n) is 3.30. The molecule has 0 spiro atoms. The first kappa shape index (κ1) is 14.5. The van der Waals surface area contributed by atoms with Gasteiger partial charge < -0.3 is 10.1 Å². The van der Waals surface area contributed by atoms with Crippen LogP contribution in [0.25, 0.3) is 0 Å². The van der Waals surface area contributed by atoms with Crippen LogP contribution in [0.2, 0.25) is 0 Å². The van der Waals surface area contributed by atoms with Crippen LogP contribution in [-0.2, 0) is 17.3 Å².